The lowest BCUT2D eigenvalue weighted by molar-refractivity contribution is -0.235. The number of hydrogen-bond acceptors (Lipinski definition) is 5. The number of rotatable bonds is 3. The second-order valence-electron chi connectivity index (χ2n) is 5.73. The molecule has 0 amide bonds. The van der Waals surface area contributed by atoms with Gasteiger partial charge in [0.1, 0.15) is 0 Å². The molecule has 2 N–H and O–H groups in total. The highest BCUT2D eigenvalue weighted by atomic mass is 19.4. The summed E-state index contributed by atoms with van der Waals surface area (Å²) in [5.41, 5.74) is 4.97. The lowest BCUT2D eigenvalue weighted by atomic mass is 10.0. The lowest BCUT2D eigenvalue weighted by Crippen LogP contribution is -2.45. The molecule has 3 rings (SSSR count). The molecule has 0 saturated heterocycles. The van der Waals surface area contributed by atoms with Gasteiger partial charge in [-0.3, -0.25) is 5.01 Å². The van der Waals surface area contributed by atoms with Gasteiger partial charge < -0.3 is 10.2 Å². The number of alkyl halides is 3. The van der Waals surface area contributed by atoms with Crippen molar-refractivity contribution in [3.05, 3.63) is 53.9 Å². The predicted molar refractivity (Wildman–Crippen MR) is 78.3 cm³/mol. The number of pyridine rings is 1. The fourth-order valence-electron chi connectivity index (χ4n) is 2.04. The molecule has 0 aliphatic carbocycles. The molecule has 0 spiro atoms. The largest absolute Gasteiger partial charge is 0.460 e. The summed E-state index contributed by atoms with van der Waals surface area (Å²) in [6.07, 6.45) is 3.53. The van der Waals surface area contributed by atoms with Crippen LogP contribution in [0.25, 0.3) is 5.57 Å². The molecule has 0 bridgehead atoms. The first-order chi connectivity index (χ1) is 11.2. The van der Waals surface area contributed by atoms with Crippen LogP contribution in [-0.4, -0.2) is 21.8 Å². The average molecular weight is 342 g/mol. The molecule has 0 unspecified atom stereocenters. The molecule has 0 radical (unpaired) electrons. The first-order valence-corrected chi connectivity index (χ1v) is 6.99. The third-order valence-corrected chi connectivity index (χ3v) is 3.57. The Labute approximate surface area is 135 Å². The van der Waals surface area contributed by atoms with Crippen molar-refractivity contribution in [3.8, 4) is 5.88 Å². The summed E-state index contributed by atoms with van der Waals surface area (Å²) < 4.78 is 57.3. The molecule has 0 saturated carbocycles. The minimum atomic E-state index is -4.65. The van der Waals surface area contributed by atoms with E-state index in [0.717, 1.165) is 25.6 Å². The summed E-state index contributed by atoms with van der Waals surface area (Å²) in [6, 6.07) is 1.09. The standard InChI is InChI=1S/C15H14F4N4O/c1-14(2,15(17,18)19)24-13-12(16)6-10(7-20-13)9-3-4-23-11(5-9)8-21-22-23/h3-8,21-22H,1-2H3. The Morgan fingerprint density at radius 3 is 2.67 bits per heavy atom. The van der Waals surface area contributed by atoms with Crippen LogP contribution in [0.15, 0.2) is 42.5 Å². The fourth-order valence-corrected chi connectivity index (χ4v) is 2.04. The van der Waals surface area contributed by atoms with E-state index >= 15 is 0 Å². The number of nitrogens with one attached hydrogen (secondary N) is 2. The normalized spacial score (nSPS) is 17.2. The highest BCUT2D eigenvalue weighted by Crippen LogP contribution is 2.35. The van der Waals surface area contributed by atoms with Crippen LogP contribution in [-0.2, 0) is 0 Å². The molecule has 0 fully saturated rings. The van der Waals surface area contributed by atoms with Crippen molar-refractivity contribution in [3.63, 3.8) is 0 Å². The summed E-state index contributed by atoms with van der Waals surface area (Å²) in [4.78, 5) is 3.70. The van der Waals surface area contributed by atoms with Gasteiger partial charge in [0, 0.05) is 24.2 Å². The summed E-state index contributed by atoms with van der Waals surface area (Å²) in [5.74, 6) is -1.65. The van der Waals surface area contributed by atoms with E-state index in [0.29, 0.717) is 11.1 Å². The van der Waals surface area contributed by atoms with Crippen LogP contribution >= 0.6 is 0 Å². The van der Waals surface area contributed by atoms with Crippen molar-refractivity contribution in [1.82, 2.24) is 21.0 Å². The molecule has 9 heteroatoms. The van der Waals surface area contributed by atoms with Gasteiger partial charge in [0.15, 0.2) is 11.4 Å². The first-order valence-electron chi connectivity index (χ1n) is 6.99. The number of allylic oxidation sites excluding steroid dienone is 3. The summed E-state index contributed by atoms with van der Waals surface area (Å²) in [6.45, 7) is 1.63. The predicted octanol–water partition coefficient (Wildman–Crippen LogP) is 3.02. The van der Waals surface area contributed by atoms with E-state index in [2.05, 4.69) is 15.9 Å². The van der Waals surface area contributed by atoms with Crippen LogP contribution in [0.3, 0.4) is 0 Å². The minimum absolute atomic E-state index is 0.424. The van der Waals surface area contributed by atoms with Crippen LogP contribution in [0, 0.1) is 5.82 Å². The maximum Gasteiger partial charge on any atom is 0.427 e. The molecule has 1 aromatic heterocycles. The van der Waals surface area contributed by atoms with Crippen LogP contribution in [0.5, 0.6) is 5.88 Å². The Balaban J connectivity index is 1.85. The quantitative estimate of drug-likeness (QED) is 0.827. The van der Waals surface area contributed by atoms with Crippen molar-refractivity contribution < 1.29 is 22.3 Å². The molecule has 128 valence electrons. The lowest BCUT2D eigenvalue weighted by Gasteiger charge is -2.28. The average Bonchev–Trinajstić information content (AvgIpc) is 2.95. The van der Waals surface area contributed by atoms with E-state index in [9.17, 15) is 17.6 Å². The maximum atomic E-state index is 14.1. The van der Waals surface area contributed by atoms with Gasteiger partial charge in [0.25, 0.3) is 5.88 Å². The van der Waals surface area contributed by atoms with E-state index in [1.807, 2.05) is 0 Å². The molecule has 0 atom stereocenters. The van der Waals surface area contributed by atoms with Gasteiger partial charge in [-0.25, -0.2) is 9.37 Å². The van der Waals surface area contributed by atoms with E-state index in [1.165, 1.54) is 6.20 Å². The van der Waals surface area contributed by atoms with E-state index < -0.39 is 23.5 Å². The molecular formula is C15H14F4N4O. The fraction of sp³-hybridized carbons (Fsp3) is 0.267. The molecule has 5 nitrogen and oxygen atoms in total. The van der Waals surface area contributed by atoms with Gasteiger partial charge in [-0.2, -0.15) is 13.2 Å². The van der Waals surface area contributed by atoms with Crippen molar-refractivity contribution in [1.29, 1.82) is 0 Å². The minimum Gasteiger partial charge on any atom is -0.460 e. The second-order valence-corrected chi connectivity index (χ2v) is 5.73. The van der Waals surface area contributed by atoms with Crippen LogP contribution < -0.4 is 15.7 Å². The number of aromatic nitrogens is 1. The van der Waals surface area contributed by atoms with Crippen LogP contribution in [0.1, 0.15) is 19.4 Å². The number of hydrogen-bond donors (Lipinski definition) is 2. The third kappa shape index (κ3) is 2.94. The van der Waals surface area contributed by atoms with Crippen molar-refractivity contribution in [2.45, 2.75) is 25.6 Å². The Kier molecular flexibility index (Phi) is 3.75. The van der Waals surface area contributed by atoms with Crippen molar-refractivity contribution in [2.24, 2.45) is 0 Å². The zero-order chi connectivity index (χ0) is 17.5. The smallest absolute Gasteiger partial charge is 0.427 e. The summed E-state index contributed by atoms with van der Waals surface area (Å²) in [7, 11) is 0. The SMILES string of the molecule is CC(C)(Oc1ncc(C2=CC3=CNNN3C=C2)cc1F)C(F)(F)F. The molecule has 0 aromatic carbocycles. The van der Waals surface area contributed by atoms with Gasteiger partial charge in [-0.15, -0.1) is 5.53 Å². The topological polar surface area (TPSA) is 49.4 Å². The van der Waals surface area contributed by atoms with Gasteiger partial charge >= 0.3 is 6.18 Å². The molecule has 3 heterocycles. The highest BCUT2D eigenvalue weighted by molar-refractivity contribution is 5.77. The second kappa shape index (κ2) is 5.52. The van der Waals surface area contributed by atoms with E-state index in [-0.39, 0.29) is 0 Å². The van der Waals surface area contributed by atoms with Gasteiger partial charge in [0.2, 0.25) is 0 Å². The summed E-state index contributed by atoms with van der Waals surface area (Å²) in [5, 5.41) is 1.70. The number of fused-ring (bicyclic) bond motifs is 1. The third-order valence-electron chi connectivity index (χ3n) is 3.57. The van der Waals surface area contributed by atoms with Gasteiger partial charge in [-0.1, -0.05) is 0 Å². The molecule has 1 aromatic rings. The Hall–Kier alpha value is -2.55. The van der Waals surface area contributed by atoms with Crippen molar-refractivity contribution >= 4 is 5.57 Å². The maximum absolute atomic E-state index is 14.1. The number of ether oxygens (including phenoxy) is 1. The van der Waals surface area contributed by atoms with E-state index in [4.69, 9.17) is 4.74 Å². The van der Waals surface area contributed by atoms with E-state index in [1.54, 1.807) is 29.6 Å². The monoisotopic (exact) mass is 342 g/mol. The molecular weight excluding hydrogens is 328 g/mol. The number of halogens is 4. The van der Waals surface area contributed by atoms with Crippen LogP contribution in [0.4, 0.5) is 17.6 Å². The van der Waals surface area contributed by atoms with Crippen LogP contribution in [0.2, 0.25) is 0 Å². The molecule has 2 aliphatic rings. The molecule has 2 aliphatic heterocycles. The highest BCUT2D eigenvalue weighted by Gasteiger charge is 2.50. The zero-order valence-corrected chi connectivity index (χ0v) is 12.8. The number of nitrogens with zero attached hydrogens (tertiary/aromatic N) is 2. The summed E-state index contributed by atoms with van der Waals surface area (Å²) >= 11 is 0. The van der Waals surface area contributed by atoms with Gasteiger partial charge in [0.05, 0.1) is 5.70 Å². The Morgan fingerprint density at radius 1 is 1.25 bits per heavy atom. The Morgan fingerprint density at radius 2 is 2.00 bits per heavy atom. The first kappa shape index (κ1) is 16.3. The molecule has 24 heavy (non-hydrogen) atoms. The zero-order valence-electron chi connectivity index (χ0n) is 12.8. The number of hydrazine groups is 2. The van der Waals surface area contributed by atoms with Gasteiger partial charge in [-0.05, 0) is 37.6 Å². The Bertz CT molecular complexity index is 752. The van der Waals surface area contributed by atoms with Crippen molar-refractivity contribution in [2.75, 3.05) is 0 Å².